The van der Waals surface area contributed by atoms with Gasteiger partial charge >= 0.3 is 6.09 Å². The number of aromatic nitrogens is 1. The summed E-state index contributed by atoms with van der Waals surface area (Å²) in [6.07, 6.45) is 2.79. The fourth-order valence-electron chi connectivity index (χ4n) is 4.34. The average Bonchev–Trinajstić information content (AvgIpc) is 2.93. The number of carbonyl (C=O) groups is 1. The number of carbonyl (C=O) groups excluding carboxylic acids is 1. The SMILES string of the molecule is CC(C)(C)OC(=O)N1CCC(n2c3c(c4cc(F)ccc42)C=C(Cl)CC3)C(O)C1. The maximum atomic E-state index is 13.9. The topological polar surface area (TPSA) is 54.7 Å². The standard InChI is InChI=1S/C22H26ClFN2O3/c1-22(2,3)29-21(28)25-9-8-19(20(27)12-25)26-17-6-4-13(23)10-15(17)16-11-14(24)5-7-18(16)26/h5,7,10-11,19-20,27H,4,6,8-9,12H2,1-3H3. The molecular weight excluding hydrogens is 395 g/mol. The highest BCUT2D eigenvalue weighted by Crippen LogP contribution is 2.39. The van der Waals surface area contributed by atoms with E-state index in [0.717, 1.165) is 40.0 Å². The summed E-state index contributed by atoms with van der Waals surface area (Å²) in [4.78, 5) is 13.9. The van der Waals surface area contributed by atoms with Gasteiger partial charge in [-0.2, -0.15) is 0 Å². The van der Waals surface area contributed by atoms with Gasteiger partial charge in [0.05, 0.1) is 18.7 Å². The van der Waals surface area contributed by atoms with Crippen LogP contribution >= 0.6 is 11.6 Å². The number of aliphatic hydroxyl groups excluding tert-OH is 1. The smallest absolute Gasteiger partial charge is 0.410 e. The lowest BCUT2D eigenvalue weighted by atomic mass is 9.99. The Labute approximate surface area is 174 Å². The number of ether oxygens (including phenoxy) is 1. The van der Waals surface area contributed by atoms with Crippen LogP contribution in [0, 0.1) is 5.82 Å². The molecule has 4 rings (SSSR count). The monoisotopic (exact) mass is 420 g/mol. The fourth-order valence-corrected chi connectivity index (χ4v) is 4.54. The molecule has 0 spiro atoms. The number of piperidine rings is 1. The summed E-state index contributed by atoms with van der Waals surface area (Å²) in [7, 11) is 0. The highest BCUT2D eigenvalue weighted by atomic mass is 35.5. The first kappa shape index (κ1) is 20.2. The molecule has 1 amide bonds. The number of aliphatic hydroxyl groups is 1. The lowest BCUT2D eigenvalue weighted by Gasteiger charge is -2.38. The molecule has 7 heteroatoms. The number of rotatable bonds is 1. The van der Waals surface area contributed by atoms with Crippen LogP contribution in [0.25, 0.3) is 17.0 Å². The summed E-state index contributed by atoms with van der Waals surface area (Å²) in [6, 6.07) is 4.53. The van der Waals surface area contributed by atoms with Crippen molar-refractivity contribution in [2.45, 2.75) is 57.8 Å². The second kappa shape index (κ2) is 7.33. The van der Waals surface area contributed by atoms with Crippen molar-refractivity contribution in [1.29, 1.82) is 0 Å². The van der Waals surface area contributed by atoms with Crippen LogP contribution in [0.5, 0.6) is 0 Å². The Morgan fingerprint density at radius 3 is 2.76 bits per heavy atom. The Hall–Kier alpha value is -2.05. The van der Waals surface area contributed by atoms with Crippen molar-refractivity contribution in [3.05, 3.63) is 40.3 Å². The lowest BCUT2D eigenvalue weighted by Crippen LogP contribution is -2.48. The molecule has 0 radical (unpaired) electrons. The molecule has 0 bridgehead atoms. The van der Waals surface area contributed by atoms with E-state index in [1.165, 1.54) is 12.1 Å². The Bertz CT molecular complexity index is 992. The van der Waals surface area contributed by atoms with Crippen LogP contribution in [-0.2, 0) is 11.2 Å². The third kappa shape index (κ3) is 3.88. The number of allylic oxidation sites excluding steroid dienone is 1. The normalized spacial score (nSPS) is 22.4. The van der Waals surface area contributed by atoms with Crippen molar-refractivity contribution >= 4 is 34.7 Å². The number of hydrogen-bond donors (Lipinski definition) is 1. The van der Waals surface area contributed by atoms with Crippen LogP contribution in [0.3, 0.4) is 0 Å². The molecule has 0 saturated carbocycles. The van der Waals surface area contributed by atoms with E-state index in [-0.39, 0.29) is 18.4 Å². The minimum atomic E-state index is -0.748. The summed E-state index contributed by atoms with van der Waals surface area (Å²) >= 11 is 6.27. The Morgan fingerprint density at radius 1 is 1.31 bits per heavy atom. The molecule has 156 valence electrons. The molecule has 1 fully saturated rings. The first-order valence-corrected chi connectivity index (χ1v) is 10.4. The van der Waals surface area contributed by atoms with Gasteiger partial charge in [-0.3, -0.25) is 0 Å². The van der Waals surface area contributed by atoms with Crippen molar-refractivity contribution in [1.82, 2.24) is 9.47 Å². The first-order valence-electron chi connectivity index (χ1n) is 9.98. The van der Waals surface area contributed by atoms with E-state index < -0.39 is 17.8 Å². The van der Waals surface area contributed by atoms with E-state index in [9.17, 15) is 14.3 Å². The molecule has 1 N–H and O–H groups in total. The zero-order chi connectivity index (χ0) is 20.9. The lowest BCUT2D eigenvalue weighted by molar-refractivity contribution is -0.00967. The van der Waals surface area contributed by atoms with Gasteiger partial charge in [-0.05, 0) is 64.3 Å². The quantitative estimate of drug-likeness (QED) is 0.717. The molecular formula is C22H26ClFN2O3. The van der Waals surface area contributed by atoms with E-state index in [2.05, 4.69) is 4.57 Å². The van der Waals surface area contributed by atoms with Gasteiger partial charge in [0.2, 0.25) is 0 Å². The van der Waals surface area contributed by atoms with Crippen molar-refractivity contribution in [3.63, 3.8) is 0 Å². The Morgan fingerprint density at radius 2 is 2.07 bits per heavy atom. The van der Waals surface area contributed by atoms with Crippen molar-refractivity contribution in [2.75, 3.05) is 13.1 Å². The molecule has 1 saturated heterocycles. The number of nitrogens with zero attached hydrogens (tertiary/aromatic N) is 2. The van der Waals surface area contributed by atoms with Gasteiger partial charge in [0.1, 0.15) is 11.4 Å². The zero-order valence-electron chi connectivity index (χ0n) is 16.9. The van der Waals surface area contributed by atoms with Crippen molar-refractivity contribution in [3.8, 4) is 0 Å². The van der Waals surface area contributed by atoms with Gasteiger partial charge in [-0.15, -0.1) is 0 Å². The van der Waals surface area contributed by atoms with Gasteiger partial charge in [-0.25, -0.2) is 9.18 Å². The van der Waals surface area contributed by atoms with E-state index in [1.54, 1.807) is 11.0 Å². The highest BCUT2D eigenvalue weighted by molar-refractivity contribution is 6.32. The molecule has 1 aromatic carbocycles. The number of hydrogen-bond acceptors (Lipinski definition) is 3. The minimum absolute atomic E-state index is 0.198. The van der Waals surface area contributed by atoms with E-state index in [0.29, 0.717) is 13.0 Å². The Balaban J connectivity index is 1.67. The highest BCUT2D eigenvalue weighted by Gasteiger charge is 2.36. The number of fused-ring (bicyclic) bond motifs is 3. The molecule has 2 unspecified atom stereocenters. The first-order chi connectivity index (χ1) is 13.6. The van der Waals surface area contributed by atoms with Gasteiger partial charge in [0.25, 0.3) is 0 Å². The molecule has 5 nitrogen and oxygen atoms in total. The number of β-amino-alcohol motifs (C(OH)–C–C–N with tert-alkyl or cyclic N) is 1. The second-order valence-corrected chi connectivity index (χ2v) is 9.32. The number of likely N-dealkylation sites (tertiary alicyclic amines) is 1. The summed E-state index contributed by atoms with van der Waals surface area (Å²) in [5.74, 6) is -0.298. The predicted molar refractivity (Wildman–Crippen MR) is 112 cm³/mol. The number of benzene rings is 1. The van der Waals surface area contributed by atoms with Gasteiger partial charge < -0.3 is 19.3 Å². The molecule has 2 heterocycles. The largest absolute Gasteiger partial charge is 0.444 e. The molecule has 1 aromatic heterocycles. The van der Waals surface area contributed by atoms with E-state index in [4.69, 9.17) is 16.3 Å². The molecule has 2 atom stereocenters. The summed E-state index contributed by atoms with van der Waals surface area (Å²) in [5.41, 5.74) is 2.29. The second-order valence-electron chi connectivity index (χ2n) is 8.83. The summed E-state index contributed by atoms with van der Waals surface area (Å²) < 4.78 is 21.5. The maximum absolute atomic E-state index is 13.9. The molecule has 1 aliphatic heterocycles. The third-order valence-corrected chi connectivity index (χ3v) is 5.84. The summed E-state index contributed by atoms with van der Waals surface area (Å²) in [6.45, 7) is 6.16. The van der Waals surface area contributed by atoms with E-state index in [1.807, 2.05) is 26.8 Å². The minimum Gasteiger partial charge on any atom is -0.444 e. The average molecular weight is 421 g/mol. The van der Waals surface area contributed by atoms with Crippen LogP contribution in [0.1, 0.15) is 50.9 Å². The number of amides is 1. The van der Waals surface area contributed by atoms with Crippen LogP contribution in [-0.4, -0.2) is 45.5 Å². The predicted octanol–water partition coefficient (Wildman–Crippen LogP) is 4.85. The summed E-state index contributed by atoms with van der Waals surface area (Å²) in [5, 5.41) is 12.5. The maximum Gasteiger partial charge on any atom is 0.410 e. The van der Waals surface area contributed by atoms with Gasteiger partial charge in [-0.1, -0.05) is 11.6 Å². The third-order valence-electron chi connectivity index (χ3n) is 5.54. The van der Waals surface area contributed by atoms with Crippen LogP contribution in [0.15, 0.2) is 23.2 Å². The zero-order valence-corrected chi connectivity index (χ0v) is 17.7. The number of halogens is 2. The molecule has 29 heavy (non-hydrogen) atoms. The Kier molecular flexibility index (Phi) is 5.11. The molecule has 1 aliphatic carbocycles. The van der Waals surface area contributed by atoms with Gasteiger partial charge in [0, 0.05) is 33.7 Å². The van der Waals surface area contributed by atoms with E-state index >= 15 is 0 Å². The van der Waals surface area contributed by atoms with Crippen LogP contribution < -0.4 is 0 Å². The van der Waals surface area contributed by atoms with Crippen molar-refractivity contribution in [2.24, 2.45) is 0 Å². The van der Waals surface area contributed by atoms with Gasteiger partial charge in [0.15, 0.2) is 0 Å². The van der Waals surface area contributed by atoms with Crippen LogP contribution in [0.4, 0.5) is 9.18 Å². The van der Waals surface area contributed by atoms with Crippen LogP contribution in [0.2, 0.25) is 0 Å². The fraction of sp³-hybridized carbons (Fsp3) is 0.500. The molecule has 2 aliphatic rings. The van der Waals surface area contributed by atoms with Crippen molar-refractivity contribution < 1.29 is 19.0 Å². The molecule has 2 aromatic rings.